The monoisotopic (exact) mass is 413 g/mol. The van der Waals surface area contributed by atoms with Gasteiger partial charge in [0.15, 0.2) is 5.78 Å². The summed E-state index contributed by atoms with van der Waals surface area (Å²) in [6.07, 6.45) is 5.29. The van der Waals surface area contributed by atoms with Gasteiger partial charge < -0.3 is 15.1 Å². The first-order valence-electron chi connectivity index (χ1n) is 11.3. The van der Waals surface area contributed by atoms with Crippen LogP contribution in [0.15, 0.2) is 24.3 Å². The molecule has 1 atom stereocenters. The highest BCUT2D eigenvalue weighted by molar-refractivity contribution is 5.94. The number of hydrogen-bond donors (Lipinski definition) is 1. The Balaban J connectivity index is 1.56. The molecule has 2 aliphatic rings. The fraction of sp³-hybridized carbons (Fsp3) is 0.625. The predicted octanol–water partition coefficient (Wildman–Crippen LogP) is 3.26. The molecular weight excluding hydrogens is 378 g/mol. The Kier molecular flexibility index (Phi) is 7.51. The molecule has 0 aromatic heterocycles. The first-order valence-corrected chi connectivity index (χ1v) is 11.3. The normalized spacial score (nSPS) is 18.9. The van der Waals surface area contributed by atoms with Crippen LogP contribution in [0.4, 0.5) is 5.69 Å². The van der Waals surface area contributed by atoms with E-state index < -0.39 is 6.04 Å². The molecule has 1 saturated carbocycles. The number of rotatable bonds is 6. The van der Waals surface area contributed by atoms with Crippen molar-refractivity contribution >= 4 is 23.3 Å². The van der Waals surface area contributed by atoms with Crippen molar-refractivity contribution in [2.24, 2.45) is 11.8 Å². The number of anilines is 1. The minimum absolute atomic E-state index is 0.0285. The second kappa shape index (κ2) is 10.1. The number of carbonyl (C=O) groups excluding carboxylic acids is 3. The molecule has 1 heterocycles. The zero-order chi connectivity index (χ0) is 21.7. The van der Waals surface area contributed by atoms with Crippen LogP contribution in [0.25, 0.3) is 0 Å². The predicted molar refractivity (Wildman–Crippen MR) is 119 cm³/mol. The Labute approximate surface area is 180 Å². The van der Waals surface area contributed by atoms with Crippen molar-refractivity contribution in [3.8, 4) is 0 Å². The van der Waals surface area contributed by atoms with Crippen LogP contribution in [0.2, 0.25) is 0 Å². The lowest BCUT2D eigenvalue weighted by Crippen LogP contribution is -2.57. The second-order valence-electron chi connectivity index (χ2n) is 8.98. The van der Waals surface area contributed by atoms with Gasteiger partial charge in [0, 0.05) is 43.3 Å². The van der Waals surface area contributed by atoms with Gasteiger partial charge in [0.2, 0.25) is 11.8 Å². The summed E-state index contributed by atoms with van der Waals surface area (Å²) < 4.78 is 0. The fourth-order valence-electron chi connectivity index (χ4n) is 4.44. The molecule has 1 aromatic carbocycles. The molecule has 30 heavy (non-hydrogen) atoms. The van der Waals surface area contributed by atoms with Gasteiger partial charge in [-0.2, -0.15) is 0 Å². The first-order chi connectivity index (χ1) is 14.4. The Morgan fingerprint density at radius 2 is 1.53 bits per heavy atom. The van der Waals surface area contributed by atoms with E-state index in [-0.39, 0.29) is 29.4 Å². The molecule has 0 bridgehead atoms. The van der Waals surface area contributed by atoms with Crippen molar-refractivity contribution in [2.75, 3.05) is 31.1 Å². The molecule has 3 rings (SSSR count). The van der Waals surface area contributed by atoms with E-state index in [1.54, 1.807) is 6.92 Å². The van der Waals surface area contributed by atoms with Crippen LogP contribution in [0, 0.1) is 11.8 Å². The summed E-state index contributed by atoms with van der Waals surface area (Å²) in [7, 11) is 0. The smallest absolute Gasteiger partial charge is 0.245 e. The number of hydrogen-bond acceptors (Lipinski definition) is 4. The van der Waals surface area contributed by atoms with Crippen LogP contribution in [0.1, 0.15) is 63.2 Å². The average Bonchev–Trinajstić information content (AvgIpc) is 2.77. The number of nitrogens with one attached hydrogen (secondary N) is 1. The van der Waals surface area contributed by atoms with Crippen molar-refractivity contribution in [3.63, 3.8) is 0 Å². The highest BCUT2D eigenvalue weighted by Gasteiger charge is 2.32. The van der Waals surface area contributed by atoms with E-state index in [2.05, 4.69) is 10.2 Å². The Hall–Kier alpha value is -2.37. The maximum absolute atomic E-state index is 13.2. The lowest BCUT2D eigenvalue weighted by atomic mass is 9.88. The van der Waals surface area contributed by atoms with Crippen molar-refractivity contribution in [2.45, 2.75) is 58.9 Å². The summed E-state index contributed by atoms with van der Waals surface area (Å²) in [4.78, 5) is 41.4. The molecule has 1 unspecified atom stereocenters. The third kappa shape index (κ3) is 5.41. The van der Waals surface area contributed by atoms with Gasteiger partial charge in [0.25, 0.3) is 0 Å². The minimum Gasteiger partial charge on any atom is -0.368 e. The van der Waals surface area contributed by atoms with Crippen LogP contribution in [0.3, 0.4) is 0 Å². The molecule has 0 spiro atoms. The number of nitrogens with zero attached hydrogens (tertiary/aromatic N) is 2. The lowest BCUT2D eigenvalue weighted by molar-refractivity contribution is -0.139. The summed E-state index contributed by atoms with van der Waals surface area (Å²) in [5, 5.41) is 3.07. The maximum Gasteiger partial charge on any atom is 0.245 e. The Morgan fingerprint density at radius 3 is 2.07 bits per heavy atom. The van der Waals surface area contributed by atoms with Gasteiger partial charge >= 0.3 is 0 Å². The molecule has 2 amide bonds. The molecule has 164 valence electrons. The van der Waals surface area contributed by atoms with E-state index in [0.29, 0.717) is 18.7 Å². The molecule has 2 fully saturated rings. The number of Topliss-reactive ketones (excluding diaryl/α,β-unsaturated/α-hetero) is 1. The zero-order valence-corrected chi connectivity index (χ0v) is 18.5. The average molecular weight is 414 g/mol. The highest BCUT2D eigenvalue weighted by atomic mass is 16.2. The number of amides is 2. The van der Waals surface area contributed by atoms with Crippen LogP contribution in [0.5, 0.6) is 0 Å². The molecule has 6 heteroatoms. The quantitative estimate of drug-likeness (QED) is 0.727. The molecule has 1 aliphatic carbocycles. The summed E-state index contributed by atoms with van der Waals surface area (Å²) in [6, 6.07) is 7.18. The summed E-state index contributed by atoms with van der Waals surface area (Å²) in [6.45, 7) is 8.31. The van der Waals surface area contributed by atoms with E-state index in [1.807, 2.05) is 43.0 Å². The number of benzene rings is 1. The fourth-order valence-corrected chi connectivity index (χ4v) is 4.44. The highest BCUT2D eigenvalue weighted by Crippen LogP contribution is 2.24. The molecular formula is C24H35N3O3. The van der Waals surface area contributed by atoms with E-state index in [4.69, 9.17) is 0 Å². The summed E-state index contributed by atoms with van der Waals surface area (Å²) in [5.41, 5.74) is 1.78. The largest absolute Gasteiger partial charge is 0.368 e. The molecule has 6 nitrogen and oxygen atoms in total. The summed E-state index contributed by atoms with van der Waals surface area (Å²) >= 11 is 0. The summed E-state index contributed by atoms with van der Waals surface area (Å²) in [5.74, 6) is 0.253. The van der Waals surface area contributed by atoms with Gasteiger partial charge in [0.1, 0.15) is 6.04 Å². The maximum atomic E-state index is 13.2. The van der Waals surface area contributed by atoms with Crippen LogP contribution in [-0.2, 0) is 9.59 Å². The van der Waals surface area contributed by atoms with Crippen LogP contribution in [-0.4, -0.2) is 54.7 Å². The van der Waals surface area contributed by atoms with Crippen molar-refractivity contribution in [1.29, 1.82) is 0 Å². The van der Waals surface area contributed by atoms with E-state index in [1.165, 1.54) is 6.42 Å². The van der Waals surface area contributed by atoms with Gasteiger partial charge in [-0.1, -0.05) is 33.1 Å². The third-order valence-corrected chi connectivity index (χ3v) is 6.44. The van der Waals surface area contributed by atoms with Crippen LogP contribution < -0.4 is 10.2 Å². The molecule has 1 N–H and O–H groups in total. The molecule has 1 saturated heterocycles. The lowest BCUT2D eigenvalue weighted by Gasteiger charge is -2.38. The zero-order valence-electron chi connectivity index (χ0n) is 18.5. The molecule has 0 radical (unpaired) electrons. The second-order valence-corrected chi connectivity index (χ2v) is 8.98. The SMILES string of the molecule is CC(=O)c1ccc(N2CCN(C(=O)C(NC(=O)C3CCCCC3)C(C)C)CC2)cc1. The van der Waals surface area contributed by atoms with Gasteiger partial charge in [-0.25, -0.2) is 0 Å². The van der Waals surface area contributed by atoms with E-state index in [9.17, 15) is 14.4 Å². The van der Waals surface area contributed by atoms with E-state index in [0.717, 1.165) is 44.5 Å². The van der Waals surface area contributed by atoms with Gasteiger partial charge in [0.05, 0.1) is 0 Å². The Morgan fingerprint density at radius 1 is 0.933 bits per heavy atom. The number of ketones is 1. The van der Waals surface area contributed by atoms with Gasteiger partial charge in [-0.15, -0.1) is 0 Å². The molecule has 1 aliphatic heterocycles. The number of carbonyl (C=O) groups is 3. The minimum atomic E-state index is -0.458. The molecule has 1 aromatic rings. The first kappa shape index (κ1) is 22.3. The third-order valence-electron chi connectivity index (χ3n) is 6.44. The van der Waals surface area contributed by atoms with Gasteiger partial charge in [-0.3, -0.25) is 14.4 Å². The number of piperazine rings is 1. The van der Waals surface area contributed by atoms with Crippen molar-refractivity contribution in [3.05, 3.63) is 29.8 Å². The van der Waals surface area contributed by atoms with Crippen LogP contribution >= 0.6 is 0 Å². The van der Waals surface area contributed by atoms with E-state index >= 15 is 0 Å². The standard InChI is InChI=1S/C24H35N3O3/c1-17(2)22(25-23(29)20-7-5-4-6-8-20)24(30)27-15-13-26(14-16-27)21-11-9-19(10-12-21)18(3)28/h9-12,17,20,22H,4-8,13-16H2,1-3H3,(H,25,29). The van der Waals surface area contributed by atoms with Crippen molar-refractivity contribution in [1.82, 2.24) is 10.2 Å². The topological polar surface area (TPSA) is 69.7 Å². The van der Waals surface area contributed by atoms with Gasteiger partial charge in [-0.05, 0) is 49.9 Å². The van der Waals surface area contributed by atoms with Crippen molar-refractivity contribution < 1.29 is 14.4 Å². The Bertz CT molecular complexity index is 745.